The Bertz CT molecular complexity index is 1670. The Kier molecular flexibility index (Phi) is 5.44. The zero-order chi connectivity index (χ0) is 23.8. The Morgan fingerprint density at radius 2 is 1.91 bits per heavy atom. The highest BCUT2D eigenvalue weighted by Crippen LogP contribution is 2.27. The van der Waals surface area contributed by atoms with E-state index in [1.165, 1.54) is 11.3 Å². The van der Waals surface area contributed by atoms with Crippen molar-refractivity contribution in [2.24, 2.45) is 0 Å². The number of hydrogen-bond donors (Lipinski definition) is 2. The molecule has 170 valence electrons. The van der Waals surface area contributed by atoms with E-state index in [-0.39, 0.29) is 5.91 Å². The second kappa shape index (κ2) is 8.90. The van der Waals surface area contributed by atoms with Gasteiger partial charge in [0.1, 0.15) is 5.69 Å². The van der Waals surface area contributed by atoms with Crippen molar-refractivity contribution < 1.29 is 9.32 Å². The predicted molar refractivity (Wildman–Crippen MR) is 138 cm³/mol. The minimum absolute atomic E-state index is 0.209. The van der Waals surface area contributed by atoms with Crippen LogP contribution in [0.2, 0.25) is 0 Å². The molecule has 0 saturated carbocycles. The SMILES string of the molecule is O=C(Nc1cccc(-c2nc(-c3ccc4nc(-c5cscn5)[nH]c4c3)no2)c1)c1cccc(Br)c1. The summed E-state index contributed by atoms with van der Waals surface area (Å²) >= 11 is 4.91. The van der Waals surface area contributed by atoms with Crippen molar-refractivity contribution in [1.82, 2.24) is 25.1 Å². The smallest absolute Gasteiger partial charge is 0.258 e. The van der Waals surface area contributed by atoms with Gasteiger partial charge in [-0.2, -0.15) is 4.98 Å². The Hall–Kier alpha value is -4.15. The first kappa shape index (κ1) is 21.4. The van der Waals surface area contributed by atoms with Crippen LogP contribution in [-0.2, 0) is 0 Å². The van der Waals surface area contributed by atoms with Gasteiger partial charge in [-0.25, -0.2) is 9.97 Å². The topological polar surface area (TPSA) is 110 Å². The maximum absolute atomic E-state index is 12.6. The Labute approximate surface area is 211 Å². The summed E-state index contributed by atoms with van der Waals surface area (Å²) in [6, 6.07) is 20.2. The predicted octanol–water partition coefficient (Wildman–Crippen LogP) is 6.42. The van der Waals surface area contributed by atoms with E-state index in [9.17, 15) is 4.79 Å². The largest absolute Gasteiger partial charge is 0.337 e. The molecule has 6 aromatic rings. The fourth-order valence-corrected chi connectivity index (χ4v) is 4.56. The average molecular weight is 543 g/mol. The number of carbonyl (C=O) groups is 1. The molecule has 2 N–H and O–H groups in total. The van der Waals surface area contributed by atoms with Crippen LogP contribution in [0.25, 0.3) is 45.4 Å². The number of rotatable bonds is 5. The summed E-state index contributed by atoms with van der Waals surface area (Å²) in [5.41, 5.74) is 6.93. The van der Waals surface area contributed by atoms with Crippen LogP contribution < -0.4 is 5.32 Å². The Morgan fingerprint density at radius 3 is 2.77 bits per heavy atom. The van der Waals surface area contributed by atoms with Crippen molar-refractivity contribution in [2.75, 3.05) is 5.32 Å². The summed E-state index contributed by atoms with van der Waals surface area (Å²) in [6.45, 7) is 0. The fraction of sp³-hybridized carbons (Fsp3) is 0. The standard InChI is InChI=1S/C25H15BrN6O2S/c26-17-5-1-3-15(9-17)24(33)28-18-6-2-4-16(10-18)25-31-22(32-34-25)14-7-8-19-20(11-14)30-23(29-19)21-12-35-13-27-21/h1-13H,(H,28,33)(H,29,30). The van der Waals surface area contributed by atoms with E-state index in [1.807, 2.05) is 53.9 Å². The number of nitrogens with one attached hydrogen (secondary N) is 2. The van der Waals surface area contributed by atoms with Crippen LogP contribution in [0.3, 0.4) is 0 Å². The number of aromatic amines is 1. The van der Waals surface area contributed by atoms with Crippen molar-refractivity contribution in [2.45, 2.75) is 0 Å². The molecule has 3 aromatic heterocycles. The molecule has 0 aliphatic rings. The molecule has 0 spiro atoms. The van der Waals surface area contributed by atoms with E-state index in [0.717, 1.165) is 26.8 Å². The molecule has 0 aliphatic carbocycles. The third kappa shape index (κ3) is 4.36. The monoisotopic (exact) mass is 542 g/mol. The van der Waals surface area contributed by atoms with Crippen LogP contribution in [0.4, 0.5) is 5.69 Å². The van der Waals surface area contributed by atoms with Gasteiger partial charge in [0.25, 0.3) is 11.8 Å². The van der Waals surface area contributed by atoms with Gasteiger partial charge in [0.15, 0.2) is 5.82 Å². The zero-order valence-corrected chi connectivity index (χ0v) is 20.3. The number of H-pyrrole nitrogens is 1. The highest BCUT2D eigenvalue weighted by Gasteiger charge is 2.14. The van der Waals surface area contributed by atoms with Gasteiger partial charge in [0.2, 0.25) is 5.82 Å². The van der Waals surface area contributed by atoms with Crippen molar-refractivity contribution in [1.29, 1.82) is 0 Å². The van der Waals surface area contributed by atoms with E-state index < -0.39 is 0 Å². The van der Waals surface area contributed by atoms with E-state index in [2.05, 4.69) is 46.3 Å². The van der Waals surface area contributed by atoms with Crippen LogP contribution >= 0.6 is 27.3 Å². The van der Waals surface area contributed by atoms with Crippen LogP contribution in [0.1, 0.15) is 10.4 Å². The van der Waals surface area contributed by atoms with E-state index in [4.69, 9.17) is 4.52 Å². The lowest BCUT2D eigenvalue weighted by molar-refractivity contribution is 0.102. The number of carbonyl (C=O) groups excluding carboxylic acids is 1. The number of hydrogen-bond acceptors (Lipinski definition) is 7. The molecule has 0 atom stereocenters. The summed E-state index contributed by atoms with van der Waals surface area (Å²) in [5.74, 6) is 1.31. The van der Waals surface area contributed by atoms with E-state index in [0.29, 0.717) is 34.4 Å². The van der Waals surface area contributed by atoms with Gasteiger partial charge in [0, 0.05) is 32.2 Å². The summed E-state index contributed by atoms with van der Waals surface area (Å²) in [6.07, 6.45) is 0. The minimum atomic E-state index is -0.209. The zero-order valence-electron chi connectivity index (χ0n) is 17.9. The minimum Gasteiger partial charge on any atom is -0.337 e. The van der Waals surface area contributed by atoms with Crippen molar-refractivity contribution >= 4 is 49.9 Å². The molecule has 0 saturated heterocycles. The molecule has 35 heavy (non-hydrogen) atoms. The lowest BCUT2D eigenvalue weighted by Crippen LogP contribution is -2.11. The fourth-order valence-electron chi connectivity index (χ4n) is 3.62. The molecule has 0 radical (unpaired) electrons. The number of amides is 1. The second-order valence-corrected chi connectivity index (χ2v) is 9.29. The van der Waals surface area contributed by atoms with Gasteiger partial charge < -0.3 is 14.8 Å². The van der Waals surface area contributed by atoms with Gasteiger partial charge in [-0.05, 0) is 54.6 Å². The quantitative estimate of drug-likeness (QED) is 0.260. The first-order valence-corrected chi connectivity index (χ1v) is 12.3. The number of benzene rings is 3. The van der Waals surface area contributed by atoms with Gasteiger partial charge in [-0.3, -0.25) is 4.79 Å². The lowest BCUT2D eigenvalue weighted by atomic mass is 10.1. The van der Waals surface area contributed by atoms with Gasteiger partial charge in [0.05, 0.1) is 16.5 Å². The van der Waals surface area contributed by atoms with Crippen LogP contribution in [-0.4, -0.2) is 31.0 Å². The van der Waals surface area contributed by atoms with Crippen LogP contribution in [0.5, 0.6) is 0 Å². The summed E-state index contributed by atoms with van der Waals surface area (Å²) in [7, 11) is 0. The molecular formula is C25H15BrN6O2S. The second-order valence-electron chi connectivity index (χ2n) is 7.66. The number of nitrogens with zero attached hydrogens (tertiary/aromatic N) is 4. The number of thiazole rings is 1. The maximum atomic E-state index is 12.6. The molecule has 0 aliphatic heterocycles. The summed E-state index contributed by atoms with van der Waals surface area (Å²) in [4.78, 5) is 29.3. The molecule has 0 fully saturated rings. The highest BCUT2D eigenvalue weighted by atomic mass is 79.9. The molecule has 3 aromatic carbocycles. The van der Waals surface area contributed by atoms with Crippen molar-refractivity contribution in [3.63, 3.8) is 0 Å². The van der Waals surface area contributed by atoms with Crippen LogP contribution in [0.15, 0.2) is 86.6 Å². The molecule has 1 amide bonds. The van der Waals surface area contributed by atoms with E-state index >= 15 is 0 Å². The molecular weight excluding hydrogens is 528 g/mol. The molecule has 3 heterocycles. The van der Waals surface area contributed by atoms with Gasteiger partial charge in [-0.15, -0.1) is 11.3 Å². The summed E-state index contributed by atoms with van der Waals surface area (Å²) in [5, 5.41) is 9.00. The molecule has 6 rings (SSSR count). The Morgan fingerprint density at radius 1 is 1.00 bits per heavy atom. The number of aromatic nitrogens is 5. The molecule has 8 nitrogen and oxygen atoms in total. The Balaban J connectivity index is 1.25. The first-order valence-electron chi connectivity index (χ1n) is 10.5. The van der Waals surface area contributed by atoms with Crippen LogP contribution in [0, 0.1) is 0 Å². The number of fused-ring (bicyclic) bond motifs is 1. The number of imidazole rings is 1. The average Bonchev–Trinajstić information content (AvgIpc) is 3.64. The molecule has 0 unspecified atom stereocenters. The van der Waals surface area contributed by atoms with Crippen molar-refractivity contribution in [3.05, 3.63) is 87.7 Å². The molecule has 0 bridgehead atoms. The lowest BCUT2D eigenvalue weighted by Gasteiger charge is -2.06. The normalized spacial score (nSPS) is 11.1. The third-order valence-electron chi connectivity index (χ3n) is 5.30. The maximum Gasteiger partial charge on any atom is 0.258 e. The third-order valence-corrected chi connectivity index (χ3v) is 6.37. The summed E-state index contributed by atoms with van der Waals surface area (Å²) < 4.78 is 6.37. The number of halogens is 1. The van der Waals surface area contributed by atoms with E-state index in [1.54, 1.807) is 23.7 Å². The first-order chi connectivity index (χ1) is 17.1. The molecule has 10 heteroatoms. The van der Waals surface area contributed by atoms with Gasteiger partial charge in [-0.1, -0.05) is 33.2 Å². The van der Waals surface area contributed by atoms with Gasteiger partial charge >= 0.3 is 0 Å². The number of anilines is 1. The highest BCUT2D eigenvalue weighted by molar-refractivity contribution is 9.10. The van der Waals surface area contributed by atoms with Crippen molar-refractivity contribution in [3.8, 4) is 34.4 Å².